The maximum Gasteiger partial charge on any atom is 0.342 e. The molecule has 0 aromatic rings. The van der Waals surface area contributed by atoms with Crippen molar-refractivity contribution >= 4 is 11.8 Å². The lowest BCUT2D eigenvalue weighted by Gasteiger charge is -2.07. The molecule has 0 aromatic carbocycles. The fraction of sp³-hybridized carbons (Fsp3) is 0.667. The number of carbonyl (C=O) groups excluding carboxylic acids is 2. The number of ether oxygens (including phenoxy) is 2. The van der Waals surface area contributed by atoms with Gasteiger partial charge in [-0.15, -0.1) is 0 Å². The van der Waals surface area contributed by atoms with Gasteiger partial charge in [-0.1, -0.05) is 0 Å². The molecule has 0 saturated heterocycles. The van der Waals surface area contributed by atoms with Crippen molar-refractivity contribution in [3.63, 3.8) is 0 Å². The second kappa shape index (κ2) is 4.00. The van der Waals surface area contributed by atoms with Crippen LogP contribution in [0, 0.1) is 0 Å². The summed E-state index contributed by atoms with van der Waals surface area (Å²) < 4.78 is 8.82. The number of hydrogen-bond donors (Lipinski definition) is 0. The van der Waals surface area contributed by atoms with E-state index in [9.17, 15) is 9.59 Å². The predicted octanol–water partition coefficient (Wildman–Crippen LogP) is -0.237. The third-order valence-corrected chi connectivity index (χ3v) is 1.02. The van der Waals surface area contributed by atoms with E-state index in [1.54, 1.807) is 0 Å². The van der Waals surface area contributed by atoms with E-state index in [0.717, 1.165) is 0 Å². The molecule has 0 saturated carbocycles. The SMILES string of the molecule is COC(=O)[C@H](OC)C(C)=O. The van der Waals surface area contributed by atoms with Crippen LogP contribution in [0.5, 0.6) is 0 Å². The Morgan fingerprint density at radius 1 is 1.30 bits per heavy atom. The molecule has 0 aliphatic rings. The van der Waals surface area contributed by atoms with E-state index in [0.29, 0.717) is 0 Å². The Hall–Kier alpha value is -0.900. The van der Waals surface area contributed by atoms with Crippen LogP contribution in [-0.2, 0) is 19.1 Å². The molecule has 0 bridgehead atoms. The maximum atomic E-state index is 10.6. The van der Waals surface area contributed by atoms with Crippen LogP contribution in [-0.4, -0.2) is 32.1 Å². The van der Waals surface area contributed by atoms with Gasteiger partial charge >= 0.3 is 5.97 Å². The standard InChI is InChI=1S/C6H10O4/c1-4(7)5(9-2)6(8)10-3/h5H,1-3H3/t5-/m1/s1. The molecule has 0 unspecified atom stereocenters. The van der Waals surface area contributed by atoms with Gasteiger partial charge in [-0.05, 0) is 6.92 Å². The summed E-state index contributed by atoms with van der Waals surface area (Å²) in [6.45, 7) is 1.27. The molecule has 0 aromatic heterocycles. The van der Waals surface area contributed by atoms with Gasteiger partial charge in [-0.2, -0.15) is 0 Å². The summed E-state index contributed by atoms with van der Waals surface area (Å²) >= 11 is 0. The van der Waals surface area contributed by atoms with Crippen molar-refractivity contribution in [1.82, 2.24) is 0 Å². The van der Waals surface area contributed by atoms with E-state index in [4.69, 9.17) is 0 Å². The second-order valence-electron chi connectivity index (χ2n) is 1.75. The van der Waals surface area contributed by atoms with Crippen LogP contribution in [0.25, 0.3) is 0 Å². The number of esters is 1. The first-order chi connectivity index (χ1) is 4.63. The van der Waals surface area contributed by atoms with Gasteiger partial charge in [-0.25, -0.2) is 4.79 Å². The number of rotatable bonds is 3. The van der Waals surface area contributed by atoms with Gasteiger partial charge in [0.2, 0.25) is 6.10 Å². The van der Waals surface area contributed by atoms with Crippen molar-refractivity contribution in [2.24, 2.45) is 0 Å². The van der Waals surface area contributed by atoms with Crippen molar-refractivity contribution in [3.8, 4) is 0 Å². The summed E-state index contributed by atoms with van der Waals surface area (Å²) in [5, 5.41) is 0. The highest BCUT2D eigenvalue weighted by atomic mass is 16.6. The number of Topliss-reactive ketones (excluding diaryl/α,β-unsaturated/α-hetero) is 1. The highest BCUT2D eigenvalue weighted by Crippen LogP contribution is 1.93. The van der Waals surface area contributed by atoms with E-state index in [2.05, 4.69) is 9.47 Å². The van der Waals surface area contributed by atoms with Crippen LogP contribution < -0.4 is 0 Å². The van der Waals surface area contributed by atoms with Crippen molar-refractivity contribution in [1.29, 1.82) is 0 Å². The second-order valence-corrected chi connectivity index (χ2v) is 1.75. The summed E-state index contributed by atoms with van der Waals surface area (Å²) in [7, 11) is 2.49. The van der Waals surface area contributed by atoms with Crippen molar-refractivity contribution < 1.29 is 19.1 Å². The van der Waals surface area contributed by atoms with E-state index >= 15 is 0 Å². The molecule has 0 amide bonds. The lowest BCUT2D eigenvalue weighted by molar-refractivity contribution is -0.156. The van der Waals surface area contributed by atoms with E-state index in [-0.39, 0.29) is 5.78 Å². The fourth-order valence-electron chi connectivity index (χ4n) is 0.535. The van der Waals surface area contributed by atoms with Crippen molar-refractivity contribution in [2.75, 3.05) is 14.2 Å². The first-order valence-electron chi connectivity index (χ1n) is 2.74. The lowest BCUT2D eigenvalue weighted by atomic mass is 10.2. The van der Waals surface area contributed by atoms with Crippen molar-refractivity contribution in [3.05, 3.63) is 0 Å². The minimum Gasteiger partial charge on any atom is -0.467 e. The normalized spacial score (nSPS) is 12.3. The largest absolute Gasteiger partial charge is 0.467 e. The van der Waals surface area contributed by atoms with Gasteiger partial charge in [-0.3, -0.25) is 4.79 Å². The van der Waals surface area contributed by atoms with Gasteiger partial charge in [0.15, 0.2) is 5.78 Å². The Morgan fingerprint density at radius 3 is 1.90 bits per heavy atom. The molecule has 0 rings (SSSR count). The van der Waals surface area contributed by atoms with Gasteiger partial charge in [0.25, 0.3) is 0 Å². The highest BCUT2D eigenvalue weighted by Gasteiger charge is 2.22. The molecule has 10 heavy (non-hydrogen) atoms. The predicted molar refractivity (Wildman–Crippen MR) is 33.5 cm³/mol. The first kappa shape index (κ1) is 9.10. The fourth-order valence-corrected chi connectivity index (χ4v) is 0.535. The summed E-state index contributed by atoms with van der Waals surface area (Å²) in [6, 6.07) is 0. The molecule has 58 valence electrons. The topological polar surface area (TPSA) is 52.6 Å². The monoisotopic (exact) mass is 146 g/mol. The molecule has 0 radical (unpaired) electrons. The zero-order valence-electron chi connectivity index (χ0n) is 6.21. The molecule has 1 atom stereocenters. The molecule has 4 heteroatoms. The Labute approximate surface area is 59.1 Å². The minimum atomic E-state index is -1.06. The van der Waals surface area contributed by atoms with Gasteiger partial charge in [0, 0.05) is 7.11 Å². The average molecular weight is 146 g/mol. The van der Waals surface area contributed by atoms with Gasteiger partial charge in [0.05, 0.1) is 7.11 Å². The third-order valence-electron chi connectivity index (χ3n) is 1.02. The molecular weight excluding hydrogens is 136 g/mol. The number of methoxy groups -OCH3 is 2. The Balaban J connectivity index is 4.06. The van der Waals surface area contributed by atoms with Gasteiger partial charge in [0.1, 0.15) is 0 Å². The van der Waals surface area contributed by atoms with Crippen LogP contribution in [0.3, 0.4) is 0 Å². The van der Waals surface area contributed by atoms with E-state index in [1.165, 1.54) is 21.1 Å². The lowest BCUT2D eigenvalue weighted by Crippen LogP contribution is -2.31. The van der Waals surface area contributed by atoms with Crippen LogP contribution >= 0.6 is 0 Å². The summed E-state index contributed by atoms with van der Waals surface area (Å²) in [5.41, 5.74) is 0. The maximum absolute atomic E-state index is 10.6. The third kappa shape index (κ3) is 2.14. The number of ketones is 1. The molecule has 0 spiro atoms. The van der Waals surface area contributed by atoms with Crippen LogP contribution in [0.1, 0.15) is 6.92 Å². The molecule has 4 nitrogen and oxygen atoms in total. The smallest absolute Gasteiger partial charge is 0.342 e. The molecule has 0 aliphatic heterocycles. The number of hydrogen-bond acceptors (Lipinski definition) is 4. The van der Waals surface area contributed by atoms with E-state index < -0.39 is 12.1 Å². The van der Waals surface area contributed by atoms with Crippen LogP contribution in [0.15, 0.2) is 0 Å². The molecule has 0 fully saturated rings. The molecule has 0 heterocycles. The summed E-state index contributed by atoms with van der Waals surface area (Å²) in [4.78, 5) is 21.2. The zero-order valence-corrected chi connectivity index (χ0v) is 6.21. The van der Waals surface area contributed by atoms with Crippen molar-refractivity contribution in [2.45, 2.75) is 13.0 Å². The zero-order chi connectivity index (χ0) is 8.15. The molecule has 0 aliphatic carbocycles. The number of carbonyl (C=O) groups is 2. The van der Waals surface area contributed by atoms with Gasteiger partial charge < -0.3 is 9.47 Å². The highest BCUT2D eigenvalue weighted by molar-refractivity contribution is 6.00. The molecule has 0 N–H and O–H groups in total. The summed E-state index contributed by atoms with van der Waals surface area (Å²) in [6.07, 6.45) is -1.06. The first-order valence-corrected chi connectivity index (χ1v) is 2.74. The quantitative estimate of drug-likeness (QED) is 0.407. The van der Waals surface area contributed by atoms with Crippen LogP contribution in [0.4, 0.5) is 0 Å². The minimum absolute atomic E-state index is 0.352. The molecular formula is C6H10O4. The van der Waals surface area contributed by atoms with E-state index in [1.807, 2.05) is 0 Å². The Kier molecular flexibility index (Phi) is 3.64. The van der Waals surface area contributed by atoms with Crippen LogP contribution in [0.2, 0.25) is 0 Å². The Morgan fingerprint density at radius 2 is 1.80 bits per heavy atom. The summed E-state index contributed by atoms with van der Waals surface area (Å²) in [5.74, 6) is -1.01. The average Bonchev–Trinajstić information content (AvgIpc) is 1.88. The Bertz CT molecular complexity index is 141.